The summed E-state index contributed by atoms with van der Waals surface area (Å²) in [5.41, 5.74) is 1.49. The number of hydrogen-bond donors (Lipinski definition) is 0. The maximum Gasteiger partial charge on any atom is 0.343 e. The van der Waals surface area contributed by atoms with Crippen molar-refractivity contribution in [2.75, 3.05) is 20.3 Å². The third-order valence-corrected chi connectivity index (χ3v) is 9.74. The van der Waals surface area contributed by atoms with Crippen LogP contribution in [0.15, 0.2) is 133 Å². The standard InChI is InChI=1S/C49H50O10/c1-6-49(4,47(53)56-33-11-10-32-55-40-21-19-38(20-22-40)45(51)58-42-25-23-39(54-5)24-26-42)34-48(2,3)46(52)59-43-29-27-41(28-30-43)57-44(50)31-16-35-14-17-37(18-15-35)36-12-8-7-9-13-36/h7-9,12-31H,6,10-11,32-34H2,1-5H3/b31-16+. The first-order valence-electron chi connectivity index (χ1n) is 19.5. The highest BCUT2D eigenvalue weighted by atomic mass is 16.5. The van der Waals surface area contributed by atoms with Crippen LogP contribution in [0.3, 0.4) is 0 Å². The van der Waals surface area contributed by atoms with E-state index in [9.17, 15) is 19.2 Å². The Morgan fingerprint density at radius 1 is 0.576 bits per heavy atom. The minimum atomic E-state index is -1.02. The first-order chi connectivity index (χ1) is 28.4. The summed E-state index contributed by atoms with van der Waals surface area (Å²) in [5, 5.41) is 0. The number of methoxy groups -OCH3 is 1. The number of unbranched alkanes of at least 4 members (excludes halogenated alkanes) is 1. The second-order valence-corrected chi connectivity index (χ2v) is 14.9. The van der Waals surface area contributed by atoms with Gasteiger partial charge in [0.1, 0.15) is 28.7 Å². The van der Waals surface area contributed by atoms with E-state index < -0.39 is 28.7 Å². The van der Waals surface area contributed by atoms with Gasteiger partial charge in [-0.1, -0.05) is 61.5 Å². The summed E-state index contributed by atoms with van der Waals surface area (Å²) in [6.45, 7) is 7.75. The summed E-state index contributed by atoms with van der Waals surface area (Å²) >= 11 is 0. The molecule has 0 heterocycles. The lowest BCUT2D eigenvalue weighted by atomic mass is 9.72. The van der Waals surface area contributed by atoms with E-state index >= 15 is 0 Å². The zero-order chi connectivity index (χ0) is 42.3. The SMILES string of the molecule is CCC(C)(CC(C)(C)C(=O)Oc1ccc(OC(=O)/C=C/c2ccc(-c3ccccc3)cc2)cc1)C(=O)OCCCCOc1ccc(C(=O)Oc2ccc(OC)cc2)cc1. The molecule has 10 heteroatoms. The summed E-state index contributed by atoms with van der Waals surface area (Å²) in [5.74, 6) is 0.332. The first-order valence-corrected chi connectivity index (χ1v) is 19.5. The van der Waals surface area contributed by atoms with E-state index in [1.165, 1.54) is 6.08 Å². The van der Waals surface area contributed by atoms with Crippen LogP contribution in [0.5, 0.6) is 28.7 Å². The number of rotatable bonds is 19. The monoisotopic (exact) mass is 798 g/mol. The highest BCUT2D eigenvalue weighted by molar-refractivity contribution is 5.91. The predicted molar refractivity (Wildman–Crippen MR) is 226 cm³/mol. The van der Waals surface area contributed by atoms with Gasteiger partial charge in [-0.15, -0.1) is 0 Å². The average Bonchev–Trinajstić information content (AvgIpc) is 3.25. The summed E-state index contributed by atoms with van der Waals surface area (Å²) < 4.78 is 33.1. The fourth-order valence-electron chi connectivity index (χ4n) is 6.17. The summed E-state index contributed by atoms with van der Waals surface area (Å²) in [6, 6.07) is 37.5. The van der Waals surface area contributed by atoms with Crippen molar-refractivity contribution in [1.29, 1.82) is 0 Å². The minimum Gasteiger partial charge on any atom is -0.497 e. The largest absolute Gasteiger partial charge is 0.497 e. The van der Waals surface area contributed by atoms with Crippen molar-refractivity contribution in [1.82, 2.24) is 0 Å². The summed E-state index contributed by atoms with van der Waals surface area (Å²) in [7, 11) is 1.56. The number of esters is 4. The lowest BCUT2D eigenvalue weighted by molar-refractivity contribution is -0.160. The molecule has 0 radical (unpaired) electrons. The van der Waals surface area contributed by atoms with Crippen molar-refractivity contribution in [3.8, 4) is 39.9 Å². The highest BCUT2D eigenvalue weighted by Gasteiger charge is 2.43. The molecule has 0 spiro atoms. The first kappa shape index (κ1) is 43.4. The van der Waals surface area contributed by atoms with Crippen molar-refractivity contribution in [3.63, 3.8) is 0 Å². The van der Waals surface area contributed by atoms with Crippen molar-refractivity contribution < 1.29 is 47.6 Å². The van der Waals surface area contributed by atoms with Gasteiger partial charge < -0.3 is 28.4 Å². The molecule has 5 aromatic rings. The van der Waals surface area contributed by atoms with Gasteiger partial charge in [-0.25, -0.2) is 9.59 Å². The third kappa shape index (κ3) is 12.9. The molecule has 0 saturated heterocycles. The van der Waals surface area contributed by atoms with Gasteiger partial charge >= 0.3 is 23.9 Å². The Morgan fingerprint density at radius 3 is 1.73 bits per heavy atom. The van der Waals surface area contributed by atoms with Crippen LogP contribution in [0.1, 0.15) is 69.3 Å². The zero-order valence-corrected chi connectivity index (χ0v) is 34.1. The van der Waals surface area contributed by atoms with Crippen LogP contribution >= 0.6 is 0 Å². The van der Waals surface area contributed by atoms with Crippen LogP contribution in [0.2, 0.25) is 0 Å². The molecule has 0 fully saturated rings. The number of benzene rings is 5. The van der Waals surface area contributed by atoms with E-state index in [2.05, 4.69) is 0 Å². The zero-order valence-electron chi connectivity index (χ0n) is 34.1. The normalized spacial score (nSPS) is 12.2. The minimum absolute atomic E-state index is 0.202. The van der Waals surface area contributed by atoms with Gasteiger partial charge in [0, 0.05) is 6.08 Å². The van der Waals surface area contributed by atoms with E-state index in [0.29, 0.717) is 54.4 Å². The summed E-state index contributed by atoms with van der Waals surface area (Å²) in [6.07, 6.45) is 4.92. The molecular formula is C49H50O10. The third-order valence-electron chi connectivity index (χ3n) is 9.74. The Hall–Kier alpha value is -6.68. The van der Waals surface area contributed by atoms with E-state index in [1.807, 2.05) is 61.5 Å². The maximum atomic E-state index is 13.3. The van der Waals surface area contributed by atoms with Crippen LogP contribution in [0.4, 0.5) is 0 Å². The Kier molecular flexibility index (Phi) is 15.2. The second-order valence-electron chi connectivity index (χ2n) is 14.9. The van der Waals surface area contributed by atoms with Crippen LogP contribution in [0, 0.1) is 10.8 Å². The average molecular weight is 799 g/mol. The Labute approximate surface area is 345 Å². The quantitative estimate of drug-likeness (QED) is 0.0345. The van der Waals surface area contributed by atoms with Gasteiger partial charge in [0.15, 0.2) is 0 Å². The number of hydrogen-bond acceptors (Lipinski definition) is 10. The second kappa shape index (κ2) is 20.7. The summed E-state index contributed by atoms with van der Waals surface area (Å²) in [4.78, 5) is 51.5. The molecule has 0 aliphatic heterocycles. The number of ether oxygens (including phenoxy) is 6. The van der Waals surface area contributed by atoms with Crippen molar-refractivity contribution in [3.05, 3.63) is 145 Å². The Morgan fingerprint density at radius 2 is 1.12 bits per heavy atom. The molecule has 10 nitrogen and oxygen atoms in total. The molecular weight excluding hydrogens is 749 g/mol. The molecule has 0 N–H and O–H groups in total. The molecule has 5 rings (SSSR count). The maximum absolute atomic E-state index is 13.3. The molecule has 5 aromatic carbocycles. The topological polar surface area (TPSA) is 124 Å². The van der Waals surface area contributed by atoms with Gasteiger partial charge in [0.05, 0.1) is 36.7 Å². The number of carbonyl (C=O) groups is 4. The highest BCUT2D eigenvalue weighted by Crippen LogP contribution is 2.39. The fraction of sp³-hybridized carbons (Fsp3) is 0.265. The van der Waals surface area contributed by atoms with Gasteiger partial charge in [-0.2, -0.15) is 0 Å². The molecule has 0 bridgehead atoms. The van der Waals surface area contributed by atoms with Crippen LogP contribution < -0.4 is 23.7 Å². The molecule has 0 aliphatic carbocycles. The molecule has 0 amide bonds. The Balaban J connectivity index is 1.00. The van der Waals surface area contributed by atoms with Crippen LogP contribution in [-0.4, -0.2) is 44.2 Å². The van der Waals surface area contributed by atoms with Crippen molar-refractivity contribution in [2.45, 2.75) is 53.4 Å². The molecule has 59 heavy (non-hydrogen) atoms. The molecule has 0 aliphatic rings. The molecule has 0 aromatic heterocycles. The molecule has 0 saturated carbocycles. The molecule has 1 atom stereocenters. The lowest BCUT2D eigenvalue weighted by Crippen LogP contribution is -2.39. The molecule has 1 unspecified atom stereocenters. The van der Waals surface area contributed by atoms with Crippen LogP contribution in [-0.2, 0) is 19.1 Å². The Bertz CT molecular complexity index is 2170. The van der Waals surface area contributed by atoms with Crippen molar-refractivity contribution in [2.24, 2.45) is 10.8 Å². The van der Waals surface area contributed by atoms with E-state index in [1.54, 1.807) is 107 Å². The number of carbonyl (C=O) groups excluding carboxylic acids is 4. The van der Waals surface area contributed by atoms with Gasteiger partial charge in [-0.05, 0) is 142 Å². The molecule has 306 valence electrons. The smallest absolute Gasteiger partial charge is 0.343 e. The lowest BCUT2D eigenvalue weighted by Gasteiger charge is -2.33. The van der Waals surface area contributed by atoms with E-state index in [0.717, 1.165) is 16.7 Å². The fourth-order valence-corrected chi connectivity index (χ4v) is 6.17. The van der Waals surface area contributed by atoms with E-state index in [-0.39, 0.29) is 24.7 Å². The van der Waals surface area contributed by atoms with Gasteiger partial charge in [0.2, 0.25) is 0 Å². The van der Waals surface area contributed by atoms with Gasteiger partial charge in [0.25, 0.3) is 0 Å². The van der Waals surface area contributed by atoms with E-state index in [4.69, 9.17) is 28.4 Å². The van der Waals surface area contributed by atoms with Gasteiger partial charge in [-0.3, -0.25) is 9.59 Å². The predicted octanol–water partition coefficient (Wildman–Crippen LogP) is 10.3. The van der Waals surface area contributed by atoms with Crippen molar-refractivity contribution >= 4 is 30.0 Å². The van der Waals surface area contributed by atoms with Crippen LogP contribution in [0.25, 0.3) is 17.2 Å².